The summed E-state index contributed by atoms with van der Waals surface area (Å²) in [6, 6.07) is 13.0. The van der Waals surface area contributed by atoms with Crippen LogP contribution >= 0.6 is 11.6 Å². The molecule has 2 rings (SSSR count). The van der Waals surface area contributed by atoms with E-state index >= 15 is 0 Å². The number of halogens is 1. The summed E-state index contributed by atoms with van der Waals surface area (Å²) < 4.78 is 0. The molecule has 21 heavy (non-hydrogen) atoms. The van der Waals surface area contributed by atoms with Crippen molar-refractivity contribution in [2.45, 2.75) is 20.4 Å². The Kier molecular flexibility index (Phi) is 4.86. The number of nitrogens with zero attached hydrogens (tertiary/aromatic N) is 1. The van der Waals surface area contributed by atoms with Gasteiger partial charge in [0.1, 0.15) is 0 Å². The van der Waals surface area contributed by atoms with Gasteiger partial charge in [0, 0.05) is 29.4 Å². The number of carbonyl (C=O) groups is 1. The molecule has 110 valence electrons. The minimum Gasteiger partial charge on any atom is -0.398 e. The smallest absolute Gasteiger partial charge is 0.254 e. The highest BCUT2D eigenvalue weighted by molar-refractivity contribution is 6.31. The quantitative estimate of drug-likeness (QED) is 0.871. The molecule has 0 aromatic heterocycles. The fraction of sp³-hybridized carbons (Fsp3) is 0.235. The van der Waals surface area contributed by atoms with E-state index in [1.165, 1.54) is 0 Å². The minimum atomic E-state index is -0.0379. The fourth-order valence-electron chi connectivity index (χ4n) is 2.12. The molecule has 0 unspecified atom stereocenters. The summed E-state index contributed by atoms with van der Waals surface area (Å²) in [5, 5.41) is 0.673. The minimum absolute atomic E-state index is 0.0379. The Bertz CT molecular complexity index is 655. The standard InChI is InChI=1S/C17H19ClN2O/c1-3-20(11-14-6-4-5-7-15(14)18)17(21)13-9-8-12(2)16(19)10-13/h4-10H,3,11,19H2,1-2H3. The lowest BCUT2D eigenvalue weighted by atomic mass is 10.1. The number of amides is 1. The lowest BCUT2D eigenvalue weighted by Crippen LogP contribution is -2.30. The largest absolute Gasteiger partial charge is 0.398 e. The van der Waals surface area contributed by atoms with Crippen LogP contribution in [0.4, 0.5) is 5.69 Å². The molecule has 0 aliphatic rings. The highest BCUT2D eigenvalue weighted by Gasteiger charge is 2.16. The van der Waals surface area contributed by atoms with Crippen molar-refractivity contribution in [2.75, 3.05) is 12.3 Å². The van der Waals surface area contributed by atoms with Crippen LogP contribution < -0.4 is 5.73 Å². The van der Waals surface area contributed by atoms with E-state index in [2.05, 4.69) is 0 Å². The zero-order valence-corrected chi connectivity index (χ0v) is 13.0. The van der Waals surface area contributed by atoms with Crippen molar-refractivity contribution in [1.29, 1.82) is 0 Å². The highest BCUT2D eigenvalue weighted by Crippen LogP contribution is 2.19. The number of carbonyl (C=O) groups excluding carboxylic acids is 1. The Morgan fingerprint density at radius 1 is 1.24 bits per heavy atom. The van der Waals surface area contributed by atoms with Crippen molar-refractivity contribution in [1.82, 2.24) is 4.90 Å². The zero-order chi connectivity index (χ0) is 15.4. The number of hydrogen-bond donors (Lipinski definition) is 1. The molecule has 0 aliphatic heterocycles. The number of rotatable bonds is 4. The second-order valence-electron chi connectivity index (χ2n) is 4.98. The topological polar surface area (TPSA) is 46.3 Å². The van der Waals surface area contributed by atoms with E-state index in [-0.39, 0.29) is 5.91 Å². The maximum atomic E-state index is 12.6. The molecule has 2 N–H and O–H groups in total. The SMILES string of the molecule is CCN(Cc1ccccc1Cl)C(=O)c1ccc(C)c(N)c1. The van der Waals surface area contributed by atoms with Gasteiger partial charge >= 0.3 is 0 Å². The predicted molar refractivity (Wildman–Crippen MR) is 87.5 cm³/mol. The van der Waals surface area contributed by atoms with E-state index in [9.17, 15) is 4.79 Å². The van der Waals surface area contributed by atoms with Crippen LogP contribution in [0.3, 0.4) is 0 Å². The molecule has 0 spiro atoms. The Hall–Kier alpha value is -2.00. The van der Waals surface area contributed by atoms with Crippen molar-refractivity contribution < 1.29 is 4.79 Å². The van der Waals surface area contributed by atoms with Gasteiger partial charge in [-0.2, -0.15) is 0 Å². The molecule has 0 saturated carbocycles. The van der Waals surface area contributed by atoms with Crippen LogP contribution in [0.5, 0.6) is 0 Å². The van der Waals surface area contributed by atoms with Crippen LogP contribution in [-0.2, 0) is 6.54 Å². The Balaban J connectivity index is 2.22. The molecule has 2 aromatic rings. The van der Waals surface area contributed by atoms with Crippen LogP contribution in [0.2, 0.25) is 5.02 Å². The predicted octanol–water partition coefficient (Wildman–Crippen LogP) is 3.89. The number of aryl methyl sites for hydroxylation is 1. The number of anilines is 1. The summed E-state index contributed by atoms with van der Waals surface area (Å²) in [7, 11) is 0. The molecule has 0 radical (unpaired) electrons. The normalized spacial score (nSPS) is 10.4. The molecule has 0 saturated heterocycles. The van der Waals surface area contributed by atoms with Crippen molar-refractivity contribution in [3.63, 3.8) is 0 Å². The van der Waals surface area contributed by atoms with E-state index in [1.54, 1.807) is 11.0 Å². The van der Waals surface area contributed by atoms with E-state index in [4.69, 9.17) is 17.3 Å². The van der Waals surface area contributed by atoms with Crippen molar-refractivity contribution in [3.05, 3.63) is 64.2 Å². The van der Waals surface area contributed by atoms with Gasteiger partial charge in [-0.25, -0.2) is 0 Å². The second kappa shape index (κ2) is 6.64. The molecule has 0 aliphatic carbocycles. The second-order valence-corrected chi connectivity index (χ2v) is 5.39. The molecule has 1 amide bonds. The molecule has 0 heterocycles. The molecule has 0 atom stereocenters. The first kappa shape index (κ1) is 15.4. The van der Waals surface area contributed by atoms with Gasteiger partial charge in [0.25, 0.3) is 5.91 Å². The maximum Gasteiger partial charge on any atom is 0.254 e. The third kappa shape index (κ3) is 3.56. The van der Waals surface area contributed by atoms with Crippen LogP contribution in [0.25, 0.3) is 0 Å². The van der Waals surface area contributed by atoms with Gasteiger partial charge in [-0.15, -0.1) is 0 Å². The first-order valence-corrected chi connectivity index (χ1v) is 7.29. The van der Waals surface area contributed by atoms with Crippen LogP contribution in [0, 0.1) is 6.92 Å². The van der Waals surface area contributed by atoms with E-state index in [0.29, 0.717) is 29.4 Å². The summed E-state index contributed by atoms with van der Waals surface area (Å²) in [5.74, 6) is -0.0379. The third-order valence-corrected chi connectivity index (χ3v) is 3.88. The van der Waals surface area contributed by atoms with Gasteiger partial charge in [0.15, 0.2) is 0 Å². The molecule has 0 bridgehead atoms. The summed E-state index contributed by atoms with van der Waals surface area (Å²) in [6.07, 6.45) is 0. The van der Waals surface area contributed by atoms with Crippen LogP contribution in [-0.4, -0.2) is 17.4 Å². The van der Waals surface area contributed by atoms with Crippen LogP contribution in [0.15, 0.2) is 42.5 Å². The number of benzene rings is 2. The summed E-state index contributed by atoms with van der Waals surface area (Å²) in [4.78, 5) is 14.3. The lowest BCUT2D eigenvalue weighted by Gasteiger charge is -2.22. The van der Waals surface area contributed by atoms with Gasteiger partial charge in [-0.3, -0.25) is 4.79 Å². The van der Waals surface area contributed by atoms with Gasteiger partial charge in [-0.1, -0.05) is 35.9 Å². The molecule has 4 heteroatoms. The van der Waals surface area contributed by atoms with Crippen molar-refractivity contribution in [2.24, 2.45) is 0 Å². The molecular formula is C17H19ClN2O. The number of nitrogens with two attached hydrogens (primary N) is 1. The average molecular weight is 303 g/mol. The monoisotopic (exact) mass is 302 g/mol. The average Bonchev–Trinajstić information content (AvgIpc) is 2.48. The van der Waals surface area contributed by atoms with Crippen LogP contribution in [0.1, 0.15) is 28.4 Å². The van der Waals surface area contributed by atoms with Gasteiger partial charge in [-0.05, 0) is 43.2 Å². The first-order valence-electron chi connectivity index (χ1n) is 6.91. The lowest BCUT2D eigenvalue weighted by molar-refractivity contribution is 0.0752. The Morgan fingerprint density at radius 3 is 2.57 bits per heavy atom. The van der Waals surface area contributed by atoms with E-state index in [1.807, 2.05) is 50.2 Å². The van der Waals surface area contributed by atoms with Gasteiger partial charge < -0.3 is 10.6 Å². The Labute approximate surface area is 130 Å². The van der Waals surface area contributed by atoms with E-state index in [0.717, 1.165) is 11.1 Å². The summed E-state index contributed by atoms with van der Waals surface area (Å²) in [5.41, 5.74) is 9.03. The number of nitrogen functional groups attached to an aromatic ring is 1. The molecule has 0 fully saturated rings. The van der Waals surface area contributed by atoms with Gasteiger partial charge in [0.2, 0.25) is 0 Å². The molecular weight excluding hydrogens is 284 g/mol. The first-order chi connectivity index (χ1) is 10.0. The molecule has 2 aromatic carbocycles. The van der Waals surface area contributed by atoms with Gasteiger partial charge in [0.05, 0.1) is 0 Å². The molecule has 3 nitrogen and oxygen atoms in total. The Morgan fingerprint density at radius 2 is 1.95 bits per heavy atom. The fourth-order valence-corrected chi connectivity index (χ4v) is 2.31. The zero-order valence-electron chi connectivity index (χ0n) is 12.3. The number of hydrogen-bond acceptors (Lipinski definition) is 2. The maximum absolute atomic E-state index is 12.6. The van der Waals surface area contributed by atoms with Crippen molar-refractivity contribution >= 4 is 23.2 Å². The van der Waals surface area contributed by atoms with Crippen molar-refractivity contribution in [3.8, 4) is 0 Å². The highest BCUT2D eigenvalue weighted by atomic mass is 35.5. The van der Waals surface area contributed by atoms with E-state index < -0.39 is 0 Å². The third-order valence-electron chi connectivity index (χ3n) is 3.51. The summed E-state index contributed by atoms with van der Waals surface area (Å²) >= 11 is 6.16. The summed E-state index contributed by atoms with van der Waals surface area (Å²) in [6.45, 7) is 4.97.